The Hall–Kier alpha value is -1.10. The fraction of sp³-hybridized carbons (Fsp3) is 0.875. The molecule has 5 nitrogen and oxygen atoms in total. The van der Waals surface area contributed by atoms with Crippen LogP contribution in [0.4, 0.5) is 0 Å². The van der Waals surface area contributed by atoms with Crippen LogP contribution in [0, 0.1) is 5.92 Å². The van der Waals surface area contributed by atoms with Gasteiger partial charge in [0.1, 0.15) is 12.1 Å². The van der Waals surface area contributed by atoms with Crippen molar-refractivity contribution in [3.63, 3.8) is 0 Å². The van der Waals surface area contributed by atoms with E-state index in [2.05, 4.69) is 13.8 Å². The lowest BCUT2D eigenvalue weighted by Crippen LogP contribution is -2.66. The number of hydrogen-bond acceptors (Lipinski definition) is 3. The van der Waals surface area contributed by atoms with Crippen molar-refractivity contribution >= 4 is 11.8 Å². The zero-order valence-corrected chi connectivity index (χ0v) is 13.5. The fourth-order valence-corrected chi connectivity index (χ4v) is 3.26. The Labute approximate surface area is 127 Å². The molecule has 0 N–H and O–H groups in total. The van der Waals surface area contributed by atoms with Gasteiger partial charge in [0.25, 0.3) is 0 Å². The first-order chi connectivity index (χ1) is 10.1. The number of amides is 2. The molecule has 2 fully saturated rings. The Morgan fingerprint density at radius 3 is 2.67 bits per heavy atom. The lowest BCUT2D eigenvalue weighted by Gasteiger charge is -2.46. The smallest absolute Gasteiger partial charge is 0.246 e. The Morgan fingerprint density at radius 2 is 2.00 bits per heavy atom. The molecule has 21 heavy (non-hydrogen) atoms. The van der Waals surface area contributed by atoms with Gasteiger partial charge in [-0.3, -0.25) is 9.59 Å². The summed E-state index contributed by atoms with van der Waals surface area (Å²) in [5.41, 5.74) is 0. The second-order valence-electron chi connectivity index (χ2n) is 6.47. The molecule has 5 heteroatoms. The molecule has 2 aliphatic heterocycles. The van der Waals surface area contributed by atoms with Crippen molar-refractivity contribution in [3.8, 4) is 0 Å². The molecule has 0 spiro atoms. The van der Waals surface area contributed by atoms with Crippen LogP contribution in [0.25, 0.3) is 0 Å². The van der Waals surface area contributed by atoms with Gasteiger partial charge in [0.2, 0.25) is 11.8 Å². The highest BCUT2D eigenvalue weighted by Gasteiger charge is 2.45. The first kappa shape index (κ1) is 16.3. The monoisotopic (exact) mass is 296 g/mol. The lowest BCUT2D eigenvalue weighted by molar-refractivity contribution is -0.164. The van der Waals surface area contributed by atoms with E-state index in [1.165, 1.54) is 0 Å². The van der Waals surface area contributed by atoms with Gasteiger partial charge in [-0.25, -0.2) is 0 Å². The Balaban J connectivity index is 2.00. The van der Waals surface area contributed by atoms with Gasteiger partial charge in [-0.15, -0.1) is 0 Å². The molecule has 2 saturated heterocycles. The summed E-state index contributed by atoms with van der Waals surface area (Å²) in [6.07, 6.45) is 3.54. The average Bonchev–Trinajstić information content (AvgIpc) is 2.48. The Morgan fingerprint density at radius 1 is 1.24 bits per heavy atom. The molecule has 0 aromatic carbocycles. The van der Waals surface area contributed by atoms with E-state index in [0.717, 1.165) is 25.8 Å². The third kappa shape index (κ3) is 3.57. The molecule has 0 aliphatic carbocycles. The predicted octanol–water partition coefficient (Wildman–Crippen LogP) is 1.66. The summed E-state index contributed by atoms with van der Waals surface area (Å²) in [6.45, 7) is 8.66. The molecule has 0 aromatic rings. The topological polar surface area (TPSA) is 49.9 Å². The molecule has 2 amide bonds. The molecule has 2 aliphatic rings. The quantitative estimate of drug-likeness (QED) is 0.700. The van der Waals surface area contributed by atoms with Crippen LogP contribution < -0.4 is 0 Å². The van der Waals surface area contributed by atoms with E-state index >= 15 is 0 Å². The number of fused-ring (bicyclic) bond motifs is 1. The average molecular weight is 296 g/mol. The number of hydrogen-bond donors (Lipinski definition) is 0. The largest absolute Gasteiger partial charge is 0.379 e. The lowest BCUT2D eigenvalue weighted by atomic mass is 9.94. The van der Waals surface area contributed by atoms with Gasteiger partial charge < -0.3 is 14.5 Å². The number of piperazine rings is 1. The first-order valence-corrected chi connectivity index (χ1v) is 8.25. The summed E-state index contributed by atoms with van der Waals surface area (Å²) in [6, 6.07) is -0.520. The molecule has 2 rings (SSSR count). The molecular formula is C16H28N2O3. The van der Waals surface area contributed by atoms with Crippen LogP contribution >= 0.6 is 0 Å². The van der Waals surface area contributed by atoms with Gasteiger partial charge in [-0.05, 0) is 31.6 Å². The van der Waals surface area contributed by atoms with Crippen LogP contribution in [0.5, 0.6) is 0 Å². The fourth-order valence-electron chi connectivity index (χ4n) is 3.26. The minimum absolute atomic E-state index is 0.120. The first-order valence-electron chi connectivity index (χ1n) is 8.25. The van der Waals surface area contributed by atoms with E-state index in [1.807, 2.05) is 11.8 Å². The number of nitrogens with zero attached hydrogens (tertiary/aromatic N) is 2. The van der Waals surface area contributed by atoms with Crippen LogP contribution in [0.1, 0.15) is 46.5 Å². The van der Waals surface area contributed by atoms with Crippen LogP contribution in [0.15, 0.2) is 0 Å². The normalized spacial score (nSPS) is 26.5. The van der Waals surface area contributed by atoms with E-state index in [1.54, 1.807) is 4.90 Å². The summed E-state index contributed by atoms with van der Waals surface area (Å²) >= 11 is 0. The maximum absolute atomic E-state index is 12.7. The third-order valence-electron chi connectivity index (χ3n) is 4.33. The van der Waals surface area contributed by atoms with Gasteiger partial charge in [0, 0.05) is 19.7 Å². The van der Waals surface area contributed by atoms with Gasteiger partial charge in [-0.2, -0.15) is 0 Å². The molecular weight excluding hydrogens is 268 g/mol. The summed E-state index contributed by atoms with van der Waals surface area (Å²) in [4.78, 5) is 28.8. The second-order valence-corrected chi connectivity index (χ2v) is 6.47. The summed E-state index contributed by atoms with van der Waals surface area (Å²) in [5, 5.41) is 0. The highest BCUT2D eigenvalue weighted by atomic mass is 16.5. The van der Waals surface area contributed by atoms with Crippen LogP contribution in [0.3, 0.4) is 0 Å². The minimum Gasteiger partial charge on any atom is -0.379 e. The van der Waals surface area contributed by atoms with Gasteiger partial charge in [-0.1, -0.05) is 20.8 Å². The molecule has 2 unspecified atom stereocenters. The van der Waals surface area contributed by atoms with Crippen molar-refractivity contribution in [1.29, 1.82) is 0 Å². The van der Waals surface area contributed by atoms with Crippen molar-refractivity contribution in [2.75, 3.05) is 26.3 Å². The van der Waals surface area contributed by atoms with E-state index in [0.29, 0.717) is 32.1 Å². The van der Waals surface area contributed by atoms with E-state index in [4.69, 9.17) is 4.74 Å². The minimum atomic E-state index is -0.297. The molecule has 120 valence electrons. The van der Waals surface area contributed by atoms with Crippen molar-refractivity contribution < 1.29 is 14.3 Å². The second kappa shape index (κ2) is 7.25. The highest BCUT2D eigenvalue weighted by molar-refractivity contribution is 5.97. The van der Waals surface area contributed by atoms with E-state index in [-0.39, 0.29) is 23.9 Å². The molecule has 2 heterocycles. The van der Waals surface area contributed by atoms with Gasteiger partial charge in [0.15, 0.2) is 0 Å². The highest BCUT2D eigenvalue weighted by Crippen LogP contribution is 2.27. The SMILES string of the molecule is CCC1C(=O)N2CCCCC2C(=O)N1CCOCC(C)C. The molecule has 0 aromatic heterocycles. The number of ether oxygens (including phenoxy) is 1. The van der Waals surface area contributed by atoms with Crippen LogP contribution in [-0.4, -0.2) is 60.0 Å². The summed E-state index contributed by atoms with van der Waals surface area (Å²) < 4.78 is 5.59. The zero-order chi connectivity index (χ0) is 15.4. The van der Waals surface area contributed by atoms with Crippen LogP contribution in [0.2, 0.25) is 0 Å². The van der Waals surface area contributed by atoms with Crippen molar-refractivity contribution in [1.82, 2.24) is 9.80 Å². The molecule has 0 radical (unpaired) electrons. The van der Waals surface area contributed by atoms with Crippen molar-refractivity contribution in [2.24, 2.45) is 5.92 Å². The maximum Gasteiger partial charge on any atom is 0.246 e. The maximum atomic E-state index is 12.7. The van der Waals surface area contributed by atoms with E-state index in [9.17, 15) is 9.59 Å². The number of piperidine rings is 1. The van der Waals surface area contributed by atoms with Crippen molar-refractivity contribution in [2.45, 2.75) is 58.5 Å². The predicted molar refractivity (Wildman–Crippen MR) is 80.8 cm³/mol. The van der Waals surface area contributed by atoms with Crippen molar-refractivity contribution in [3.05, 3.63) is 0 Å². The number of rotatable bonds is 6. The zero-order valence-electron chi connectivity index (χ0n) is 13.5. The van der Waals surface area contributed by atoms with Crippen LogP contribution in [-0.2, 0) is 14.3 Å². The molecule has 2 atom stereocenters. The Bertz CT molecular complexity index is 384. The summed E-state index contributed by atoms with van der Waals surface area (Å²) in [5.74, 6) is 0.736. The third-order valence-corrected chi connectivity index (χ3v) is 4.33. The Kier molecular flexibility index (Phi) is 5.62. The summed E-state index contributed by atoms with van der Waals surface area (Å²) in [7, 11) is 0. The van der Waals surface area contributed by atoms with Gasteiger partial charge >= 0.3 is 0 Å². The number of carbonyl (C=O) groups is 2. The molecule has 0 bridgehead atoms. The van der Waals surface area contributed by atoms with E-state index < -0.39 is 0 Å². The standard InChI is InChI=1S/C16H28N2O3/c1-4-13-15(19)17-8-6-5-7-14(17)16(20)18(13)9-10-21-11-12(2)3/h12-14H,4-11H2,1-3H3. The molecule has 0 saturated carbocycles. The van der Waals surface area contributed by atoms with Gasteiger partial charge in [0.05, 0.1) is 6.61 Å². The number of carbonyl (C=O) groups excluding carboxylic acids is 2.